The molecular weight excluding hydrogens is 470 g/mol. The van der Waals surface area contributed by atoms with E-state index in [1.54, 1.807) is 17.2 Å². The number of hydrogen-bond acceptors (Lipinski definition) is 6. The molecule has 0 N–H and O–H groups in total. The number of fused-ring (bicyclic) bond motifs is 5. The molecule has 2 fully saturated rings. The monoisotopic (exact) mass is 493 g/mol. The largest absolute Gasteiger partial charge is 0.358 e. The van der Waals surface area contributed by atoms with Gasteiger partial charge in [-0.1, -0.05) is 54.1 Å². The van der Waals surface area contributed by atoms with Crippen LogP contribution in [0.3, 0.4) is 0 Å². The van der Waals surface area contributed by atoms with E-state index in [0.29, 0.717) is 5.69 Å². The number of rotatable bonds is 4. The second kappa shape index (κ2) is 8.23. The van der Waals surface area contributed by atoms with Crippen LogP contribution >= 0.6 is 0 Å². The second-order valence-corrected chi connectivity index (χ2v) is 9.81. The molecule has 1 unspecified atom stereocenters. The van der Waals surface area contributed by atoms with Crippen molar-refractivity contribution in [2.45, 2.75) is 25.9 Å². The van der Waals surface area contributed by atoms with Crippen LogP contribution in [-0.4, -0.2) is 33.5 Å². The lowest BCUT2D eigenvalue weighted by molar-refractivity contribution is -0.384. The molecule has 0 saturated carbocycles. The number of anilines is 1. The van der Waals surface area contributed by atoms with E-state index in [1.807, 2.05) is 56.3 Å². The van der Waals surface area contributed by atoms with Gasteiger partial charge in [0, 0.05) is 23.9 Å². The number of benzene rings is 3. The van der Waals surface area contributed by atoms with Crippen LogP contribution in [-0.2, 0) is 9.59 Å². The Morgan fingerprint density at radius 3 is 2.43 bits per heavy atom. The molecule has 3 aliphatic heterocycles. The number of non-ortho nitro benzene ring substituents is 1. The van der Waals surface area contributed by atoms with E-state index >= 15 is 0 Å². The van der Waals surface area contributed by atoms with Gasteiger partial charge in [0.2, 0.25) is 11.8 Å². The first kappa shape index (κ1) is 22.8. The van der Waals surface area contributed by atoms with Crippen molar-refractivity contribution < 1.29 is 19.3 Å². The summed E-state index contributed by atoms with van der Waals surface area (Å²) in [5.41, 5.74) is 4.05. The maximum Gasteiger partial charge on any atom is 0.270 e. The number of carbonyl (C=O) groups excluding carboxylic acids is 3. The zero-order valence-corrected chi connectivity index (χ0v) is 20.2. The number of ketones is 1. The van der Waals surface area contributed by atoms with E-state index in [4.69, 9.17) is 0 Å². The standard InChI is InChI=1S/C29H23N3O5/c1-16-10-11-22(17(2)14-16)31-28(34)23-24(29(31)35)26(27(33)19-7-5-8-20(15-19)32(36)37)30-13-12-18-6-3-4-9-21(18)25(23)30/h3-15,23-26H,1-2H3/t23-,24+,25?,26-/m0/s1. The summed E-state index contributed by atoms with van der Waals surface area (Å²) in [5, 5.41) is 11.4. The number of hydrogen-bond donors (Lipinski definition) is 0. The molecular formula is C29H23N3O5. The third-order valence-electron chi connectivity index (χ3n) is 7.66. The van der Waals surface area contributed by atoms with Crippen LogP contribution in [0.4, 0.5) is 11.4 Å². The van der Waals surface area contributed by atoms with Crippen LogP contribution in [0.15, 0.2) is 72.9 Å². The normalized spacial score (nSPS) is 23.6. The van der Waals surface area contributed by atoms with E-state index in [1.165, 1.54) is 29.2 Å². The number of carbonyl (C=O) groups is 3. The number of nitro benzene ring substituents is 1. The molecule has 0 aromatic heterocycles. The molecule has 184 valence electrons. The summed E-state index contributed by atoms with van der Waals surface area (Å²) in [6.07, 6.45) is 3.64. The zero-order chi connectivity index (χ0) is 26.0. The summed E-state index contributed by atoms with van der Waals surface area (Å²) in [6, 6.07) is 17.2. The number of aryl methyl sites for hydroxylation is 2. The van der Waals surface area contributed by atoms with Crippen LogP contribution in [0.25, 0.3) is 6.08 Å². The number of nitro groups is 1. The van der Waals surface area contributed by atoms with E-state index in [9.17, 15) is 24.5 Å². The van der Waals surface area contributed by atoms with Crippen LogP contribution in [0.5, 0.6) is 0 Å². The van der Waals surface area contributed by atoms with Gasteiger partial charge in [0.05, 0.1) is 28.5 Å². The first-order valence-corrected chi connectivity index (χ1v) is 12.1. The molecule has 2 amide bonds. The topological polar surface area (TPSA) is 101 Å². The fourth-order valence-electron chi connectivity index (χ4n) is 6.09. The van der Waals surface area contributed by atoms with Gasteiger partial charge in [-0.05, 0) is 42.7 Å². The molecule has 6 rings (SSSR count). The Hall–Kier alpha value is -4.59. The number of nitrogens with zero attached hydrogens (tertiary/aromatic N) is 3. The first-order valence-electron chi connectivity index (χ1n) is 12.1. The van der Waals surface area contributed by atoms with Crippen molar-refractivity contribution in [2.75, 3.05) is 4.90 Å². The number of amides is 2. The first-order chi connectivity index (χ1) is 17.8. The highest BCUT2D eigenvalue weighted by molar-refractivity contribution is 6.25. The predicted molar refractivity (Wildman–Crippen MR) is 137 cm³/mol. The van der Waals surface area contributed by atoms with Gasteiger partial charge in [0.25, 0.3) is 5.69 Å². The van der Waals surface area contributed by atoms with Crippen molar-refractivity contribution in [3.8, 4) is 0 Å². The summed E-state index contributed by atoms with van der Waals surface area (Å²) >= 11 is 0. The zero-order valence-electron chi connectivity index (χ0n) is 20.2. The highest BCUT2D eigenvalue weighted by atomic mass is 16.6. The van der Waals surface area contributed by atoms with Gasteiger partial charge in [-0.2, -0.15) is 0 Å². The minimum absolute atomic E-state index is 0.135. The molecule has 3 aliphatic rings. The molecule has 4 atom stereocenters. The van der Waals surface area contributed by atoms with Crippen LogP contribution in [0.1, 0.15) is 38.7 Å². The lowest BCUT2D eigenvalue weighted by Gasteiger charge is -2.35. The van der Waals surface area contributed by atoms with Crippen molar-refractivity contribution in [1.29, 1.82) is 0 Å². The van der Waals surface area contributed by atoms with Gasteiger partial charge in [-0.15, -0.1) is 0 Å². The Balaban J connectivity index is 1.50. The van der Waals surface area contributed by atoms with Crippen molar-refractivity contribution in [1.82, 2.24) is 4.90 Å². The molecule has 2 saturated heterocycles. The summed E-state index contributed by atoms with van der Waals surface area (Å²) in [6.45, 7) is 3.80. The van der Waals surface area contributed by atoms with Gasteiger partial charge in [-0.3, -0.25) is 24.5 Å². The predicted octanol–water partition coefficient (Wildman–Crippen LogP) is 4.61. The average molecular weight is 494 g/mol. The van der Waals surface area contributed by atoms with E-state index in [2.05, 4.69) is 0 Å². The summed E-state index contributed by atoms with van der Waals surface area (Å²) in [7, 11) is 0. The molecule has 0 spiro atoms. The Kier molecular flexibility index (Phi) is 5.08. The molecule has 8 heteroatoms. The Morgan fingerprint density at radius 2 is 1.68 bits per heavy atom. The molecule has 37 heavy (non-hydrogen) atoms. The Morgan fingerprint density at radius 1 is 0.919 bits per heavy atom. The smallest absolute Gasteiger partial charge is 0.270 e. The van der Waals surface area contributed by atoms with E-state index in [0.717, 1.165) is 22.3 Å². The van der Waals surface area contributed by atoms with Gasteiger partial charge >= 0.3 is 0 Å². The molecule has 3 aromatic rings. The Bertz CT molecular complexity index is 1540. The summed E-state index contributed by atoms with van der Waals surface area (Å²) in [4.78, 5) is 55.8. The molecule has 3 heterocycles. The van der Waals surface area contributed by atoms with Crippen molar-refractivity contribution >= 4 is 35.0 Å². The maximum absolute atomic E-state index is 14.0. The number of Topliss-reactive ketones (excluding diaryl/α,β-unsaturated/α-hetero) is 1. The van der Waals surface area contributed by atoms with Gasteiger partial charge < -0.3 is 4.90 Å². The van der Waals surface area contributed by atoms with Gasteiger partial charge in [-0.25, -0.2) is 4.90 Å². The lowest BCUT2D eigenvalue weighted by Crippen LogP contribution is -2.44. The SMILES string of the molecule is Cc1ccc(N2C(=O)[C@@H]3[C@H](C2=O)C2c4ccccc4C=CN2[C@@H]3C(=O)c2cccc([N+](=O)[O-])c2)c(C)c1. The summed E-state index contributed by atoms with van der Waals surface area (Å²) in [5.74, 6) is -2.89. The fraction of sp³-hybridized carbons (Fsp3) is 0.207. The van der Waals surface area contributed by atoms with Crippen molar-refractivity contribution in [2.24, 2.45) is 11.8 Å². The van der Waals surface area contributed by atoms with E-state index in [-0.39, 0.29) is 17.2 Å². The number of imide groups is 1. The minimum atomic E-state index is -0.978. The van der Waals surface area contributed by atoms with E-state index < -0.39 is 40.5 Å². The minimum Gasteiger partial charge on any atom is -0.358 e. The molecule has 3 aromatic carbocycles. The third-order valence-corrected chi connectivity index (χ3v) is 7.66. The fourth-order valence-corrected chi connectivity index (χ4v) is 6.09. The lowest BCUT2D eigenvalue weighted by atomic mass is 9.83. The van der Waals surface area contributed by atoms with Crippen molar-refractivity contribution in [3.63, 3.8) is 0 Å². The van der Waals surface area contributed by atoms with Crippen LogP contribution < -0.4 is 4.90 Å². The Labute approximate surface area is 213 Å². The summed E-state index contributed by atoms with van der Waals surface area (Å²) < 4.78 is 0. The highest BCUT2D eigenvalue weighted by Gasteiger charge is 2.64. The molecule has 0 bridgehead atoms. The molecule has 0 radical (unpaired) electrons. The molecule has 0 aliphatic carbocycles. The second-order valence-electron chi connectivity index (χ2n) is 9.81. The quantitative estimate of drug-likeness (QED) is 0.228. The maximum atomic E-state index is 14.0. The van der Waals surface area contributed by atoms with Gasteiger partial charge in [0.15, 0.2) is 5.78 Å². The average Bonchev–Trinajstić information content (AvgIpc) is 3.36. The third kappa shape index (κ3) is 3.32. The molecule has 8 nitrogen and oxygen atoms in total. The van der Waals surface area contributed by atoms with Crippen LogP contribution in [0, 0.1) is 35.8 Å². The van der Waals surface area contributed by atoms with Crippen molar-refractivity contribution in [3.05, 3.63) is 111 Å². The highest BCUT2D eigenvalue weighted by Crippen LogP contribution is 2.54. The van der Waals surface area contributed by atoms with Crippen LogP contribution in [0.2, 0.25) is 0 Å². The van der Waals surface area contributed by atoms with Gasteiger partial charge in [0.1, 0.15) is 6.04 Å².